The summed E-state index contributed by atoms with van der Waals surface area (Å²) in [6.45, 7) is 5.05. The number of H-pyrrole nitrogens is 1. The lowest BCUT2D eigenvalue weighted by molar-refractivity contribution is 0.446. The second-order valence-corrected chi connectivity index (χ2v) is 7.85. The first-order valence-corrected chi connectivity index (χ1v) is 8.58. The van der Waals surface area contributed by atoms with Crippen molar-refractivity contribution in [1.29, 1.82) is 0 Å². The quantitative estimate of drug-likeness (QED) is 0.579. The van der Waals surface area contributed by atoms with Gasteiger partial charge in [0.1, 0.15) is 5.82 Å². The molecule has 1 aromatic carbocycles. The van der Waals surface area contributed by atoms with Crippen LogP contribution in [0.25, 0.3) is 11.0 Å². The number of fused-ring (bicyclic) bond motifs is 1. The second-order valence-electron chi connectivity index (χ2n) is 5.66. The van der Waals surface area contributed by atoms with Gasteiger partial charge < -0.3 is 9.55 Å². The lowest BCUT2D eigenvalue weighted by atomic mass is 9.91. The van der Waals surface area contributed by atoms with Crippen LogP contribution < -0.4 is 0 Å². The molecule has 21 heavy (non-hydrogen) atoms. The van der Waals surface area contributed by atoms with Crippen molar-refractivity contribution in [2.45, 2.75) is 25.8 Å². The topological polar surface area (TPSA) is 20.7 Å². The summed E-state index contributed by atoms with van der Waals surface area (Å²) in [5, 5.41) is 2.07. The molecule has 0 spiro atoms. The van der Waals surface area contributed by atoms with Gasteiger partial charge in [-0.1, -0.05) is 19.9 Å². The Morgan fingerprint density at radius 3 is 2.86 bits per heavy atom. The maximum atomic E-state index is 13.8. The fourth-order valence-electron chi connectivity index (χ4n) is 2.45. The minimum atomic E-state index is -0.279. The van der Waals surface area contributed by atoms with Crippen molar-refractivity contribution in [3.8, 4) is 0 Å². The molecule has 110 valence electrons. The third kappa shape index (κ3) is 2.72. The fourth-order valence-corrected chi connectivity index (χ4v) is 3.91. The first kappa shape index (κ1) is 14.9. The monoisotopic (exact) mass is 384 g/mol. The average Bonchev–Trinajstić information content (AvgIpc) is 3.02. The molecule has 0 saturated carbocycles. The van der Waals surface area contributed by atoms with Gasteiger partial charge in [0.05, 0.1) is 15.5 Å². The Kier molecular flexibility index (Phi) is 3.80. The first-order valence-electron chi connectivity index (χ1n) is 6.50. The molecule has 0 saturated heterocycles. The van der Waals surface area contributed by atoms with E-state index in [9.17, 15) is 4.39 Å². The highest BCUT2D eigenvalue weighted by molar-refractivity contribution is 9.10. The van der Waals surface area contributed by atoms with Crippen LogP contribution in [-0.4, -0.2) is 9.55 Å². The summed E-state index contributed by atoms with van der Waals surface area (Å²) in [6.07, 6.45) is 0. The van der Waals surface area contributed by atoms with Crippen LogP contribution in [0, 0.1) is 10.6 Å². The van der Waals surface area contributed by atoms with Crippen LogP contribution in [0.2, 0.25) is 0 Å². The van der Waals surface area contributed by atoms with E-state index in [1.807, 2.05) is 10.6 Å². The molecular formula is C15H14BrFN2S2. The summed E-state index contributed by atoms with van der Waals surface area (Å²) in [4.78, 5) is 4.44. The fraction of sp³-hybridized carbons (Fsp3) is 0.267. The first-order chi connectivity index (χ1) is 9.88. The van der Waals surface area contributed by atoms with Crippen LogP contribution in [0.1, 0.15) is 18.7 Å². The molecule has 2 aromatic heterocycles. The van der Waals surface area contributed by atoms with Gasteiger partial charge in [-0.2, -0.15) is 0 Å². The van der Waals surface area contributed by atoms with Gasteiger partial charge in [0.25, 0.3) is 0 Å². The number of thiophene rings is 1. The normalized spacial score (nSPS) is 12.2. The molecule has 0 aliphatic rings. The Balaban J connectivity index is 2.11. The van der Waals surface area contributed by atoms with Crippen molar-refractivity contribution >= 4 is 50.5 Å². The molecule has 3 rings (SSSR count). The summed E-state index contributed by atoms with van der Waals surface area (Å²) in [7, 11) is 0. The van der Waals surface area contributed by atoms with Crippen LogP contribution in [-0.2, 0) is 12.0 Å². The van der Waals surface area contributed by atoms with E-state index in [2.05, 4.69) is 46.2 Å². The maximum Gasteiger partial charge on any atom is 0.178 e. The van der Waals surface area contributed by atoms with Gasteiger partial charge in [-0.3, -0.25) is 0 Å². The Hall–Kier alpha value is -0.980. The molecule has 3 aromatic rings. The molecule has 0 radical (unpaired) electrons. The third-order valence-electron chi connectivity index (χ3n) is 3.56. The third-order valence-corrected chi connectivity index (χ3v) is 5.72. The molecule has 2 heterocycles. The van der Waals surface area contributed by atoms with Crippen LogP contribution in [0.4, 0.5) is 4.39 Å². The molecule has 0 amide bonds. The molecular weight excluding hydrogens is 371 g/mol. The zero-order valence-corrected chi connectivity index (χ0v) is 14.8. The van der Waals surface area contributed by atoms with Gasteiger partial charge in [0.15, 0.2) is 4.77 Å². The molecule has 0 atom stereocenters. The van der Waals surface area contributed by atoms with Gasteiger partial charge in [0.2, 0.25) is 0 Å². The van der Waals surface area contributed by atoms with Crippen molar-refractivity contribution in [2.75, 3.05) is 0 Å². The van der Waals surface area contributed by atoms with E-state index in [1.54, 1.807) is 17.4 Å². The van der Waals surface area contributed by atoms with E-state index in [4.69, 9.17) is 12.2 Å². The minimum absolute atomic E-state index is 0.0644. The Bertz CT molecular complexity index is 847. The largest absolute Gasteiger partial charge is 0.331 e. The number of nitrogens with one attached hydrogen (secondary N) is 1. The van der Waals surface area contributed by atoms with Crippen LogP contribution >= 0.6 is 39.5 Å². The lowest BCUT2D eigenvalue weighted by Crippen LogP contribution is -2.23. The van der Waals surface area contributed by atoms with Crippen molar-refractivity contribution < 1.29 is 4.39 Å². The predicted octanol–water partition coefficient (Wildman–Crippen LogP) is 5.64. The molecule has 0 unspecified atom stereocenters. The van der Waals surface area contributed by atoms with Crippen LogP contribution in [0.3, 0.4) is 0 Å². The van der Waals surface area contributed by atoms with Gasteiger partial charge in [-0.05, 0) is 45.7 Å². The number of nitrogens with zero attached hydrogens (tertiary/aromatic N) is 1. The van der Waals surface area contributed by atoms with Crippen molar-refractivity contribution in [3.05, 3.63) is 49.6 Å². The van der Waals surface area contributed by atoms with E-state index in [1.165, 1.54) is 10.9 Å². The number of halogens is 2. The van der Waals surface area contributed by atoms with E-state index < -0.39 is 0 Å². The molecule has 0 bridgehead atoms. The van der Waals surface area contributed by atoms with E-state index >= 15 is 0 Å². The minimum Gasteiger partial charge on any atom is -0.331 e. The van der Waals surface area contributed by atoms with Crippen molar-refractivity contribution in [3.63, 3.8) is 0 Å². The van der Waals surface area contributed by atoms with Gasteiger partial charge in [0, 0.05) is 22.9 Å². The van der Waals surface area contributed by atoms with Gasteiger partial charge >= 0.3 is 0 Å². The Morgan fingerprint density at radius 1 is 1.43 bits per heavy atom. The second kappa shape index (κ2) is 5.34. The van der Waals surface area contributed by atoms with E-state index in [0.717, 1.165) is 11.0 Å². The number of aromatic nitrogens is 2. The number of rotatable bonds is 3. The molecule has 6 heteroatoms. The average molecular weight is 385 g/mol. The maximum absolute atomic E-state index is 13.8. The highest BCUT2D eigenvalue weighted by Gasteiger charge is 2.24. The van der Waals surface area contributed by atoms with Gasteiger partial charge in [-0.15, -0.1) is 11.3 Å². The van der Waals surface area contributed by atoms with Crippen molar-refractivity contribution in [1.82, 2.24) is 9.55 Å². The van der Waals surface area contributed by atoms with E-state index in [0.29, 0.717) is 15.8 Å². The zero-order valence-electron chi connectivity index (χ0n) is 11.6. The summed E-state index contributed by atoms with van der Waals surface area (Å²) in [5.41, 5.74) is 1.58. The number of hydrogen-bond donors (Lipinski definition) is 1. The summed E-state index contributed by atoms with van der Waals surface area (Å²) in [5.74, 6) is -0.279. The summed E-state index contributed by atoms with van der Waals surface area (Å²) < 4.78 is 16.9. The molecule has 0 fully saturated rings. The summed E-state index contributed by atoms with van der Waals surface area (Å²) >= 11 is 10.3. The number of hydrogen-bond acceptors (Lipinski definition) is 2. The smallest absolute Gasteiger partial charge is 0.178 e. The van der Waals surface area contributed by atoms with E-state index in [-0.39, 0.29) is 11.2 Å². The standard InChI is InChI=1S/C15H14BrFN2S2/c1-15(2,13-4-3-5-21-13)8-19-12-7-10(17)9(16)6-11(12)18-14(19)20/h3-7H,8H2,1-2H3,(H,18,20). The molecule has 2 nitrogen and oxygen atoms in total. The molecule has 1 N–H and O–H groups in total. The highest BCUT2D eigenvalue weighted by atomic mass is 79.9. The number of benzene rings is 1. The zero-order chi connectivity index (χ0) is 15.2. The Morgan fingerprint density at radius 2 is 2.19 bits per heavy atom. The van der Waals surface area contributed by atoms with Crippen molar-refractivity contribution in [2.24, 2.45) is 0 Å². The lowest BCUT2D eigenvalue weighted by Gasteiger charge is -2.24. The predicted molar refractivity (Wildman–Crippen MR) is 92.1 cm³/mol. The highest BCUT2D eigenvalue weighted by Crippen LogP contribution is 2.31. The number of imidazole rings is 1. The molecule has 0 aliphatic heterocycles. The number of aromatic amines is 1. The van der Waals surface area contributed by atoms with Gasteiger partial charge in [-0.25, -0.2) is 4.39 Å². The molecule has 0 aliphatic carbocycles. The van der Waals surface area contributed by atoms with Crippen LogP contribution in [0.5, 0.6) is 0 Å². The van der Waals surface area contributed by atoms with Crippen LogP contribution in [0.15, 0.2) is 34.1 Å². The summed E-state index contributed by atoms with van der Waals surface area (Å²) in [6, 6.07) is 7.43. The Labute approximate surface area is 139 Å². The SMILES string of the molecule is CC(C)(Cn1c(=S)[nH]c2cc(Br)c(F)cc21)c1cccs1.